The van der Waals surface area contributed by atoms with E-state index in [-0.39, 0.29) is 11.8 Å². The van der Waals surface area contributed by atoms with Gasteiger partial charge in [-0.15, -0.1) is 22.7 Å². The van der Waals surface area contributed by atoms with E-state index in [0.717, 1.165) is 14.4 Å². The van der Waals surface area contributed by atoms with Crippen LogP contribution in [0, 0.1) is 0 Å². The molecule has 2 amide bonds. The number of carbonyl (C=O) groups is 2. The summed E-state index contributed by atoms with van der Waals surface area (Å²) < 4.78 is 0.825. The Morgan fingerprint density at radius 2 is 1.83 bits per heavy atom. The van der Waals surface area contributed by atoms with Crippen molar-refractivity contribution in [2.75, 3.05) is 10.6 Å². The molecule has 0 fully saturated rings. The molecule has 0 unspecified atom stereocenters. The third kappa shape index (κ3) is 4.76. The first kappa shape index (κ1) is 19.4. The van der Waals surface area contributed by atoms with Crippen LogP contribution >= 0.6 is 38.6 Å². The van der Waals surface area contributed by atoms with Crippen LogP contribution in [0.4, 0.5) is 11.5 Å². The molecule has 0 atom stereocenters. The van der Waals surface area contributed by atoms with Gasteiger partial charge in [0.2, 0.25) is 0 Å². The molecule has 0 aliphatic carbocycles. The van der Waals surface area contributed by atoms with Crippen LogP contribution in [0.15, 0.2) is 70.8 Å². The Bertz CT molecular complexity index is 1160. The van der Waals surface area contributed by atoms with Crippen molar-refractivity contribution in [1.82, 2.24) is 9.97 Å². The van der Waals surface area contributed by atoms with E-state index in [0.29, 0.717) is 21.9 Å². The topological polar surface area (TPSA) is 84.0 Å². The molecule has 0 saturated carbocycles. The number of benzene rings is 1. The molecule has 6 nitrogen and oxygen atoms in total. The largest absolute Gasteiger partial charge is 0.321 e. The molecule has 4 aromatic rings. The van der Waals surface area contributed by atoms with Gasteiger partial charge in [-0.1, -0.05) is 12.1 Å². The first-order valence-corrected chi connectivity index (χ1v) is 10.9. The Hall–Kier alpha value is -2.88. The normalized spacial score (nSPS) is 10.5. The summed E-state index contributed by atoms with van der Waals surface area (Å²) in [5, 5.41) is 8.32. The number of aromatic nitrogens is 2. The van der Waals surface area contributed by atoms with Crippen molar-refractivity contribution in [2.45, 2.75) is 0 Å². The van der Waals surface area contributed by atoms with E-state index in [1.807, 2.05) is 17.5 Å². The molecule has 0 saturated heterocycles. The second-order valence-corrected chi connectivity index (χ2v) is 8.75. The molecule has 0 aliphatic heterocycles. The third-order valence-corrected chi connectivity index (χ3v) is 6.32. The molecule has 0 spiro atoms. The van der Waals surface area contributed by atoms with Gasteiger partial charge in [0.05, 0.1) is 11.1 Å². The molecule has 0 radical (unpaired) electrons. The minimum absolute atomic E-state index is 0.266. The number of thiophene rings is 1. The maximum atomic E-state index is 12.5. The molecule has 0 bridgehead atoms. The van der Waals surface area contributed by atoms with E-state index >= 15 is 0 Å². The summed E-state index contributed by atoms with van der Waals surface area (Å²) in [7, 11) is 0. The number of amides is 2. The number of nitrogens with one attached hydrogen (secondary N) is 2. The van der Waals surface area contributed by atoms with Gasteiger partial charge < -0.3 is 10.6 Å². The van der Waals surface area contributed by atoms with Crippen molar-refractivity contribution in [3.63, 3.8) is 0 Å². The van der Waals surface area contributed by atoms with Crippen LogP contribution in [0.1, 0.15) is 20.0 Å². The van der Waals surface area contributed by atoms with Crippen LogP contribution in [0.3, 0.4) is 0 Å². The van der Waals surface area contributed by atoms with Crippen LogP contribution in [0.5, 0.6) is 0 Å². The van der Waals surface area contributed by atoms with Crippen molar-refractivity contribution in [2.24, 2.45) is 0 Å². The number of halogens is 1. The Morgan fingerprint density at radius 1 is 0.931 bits per heavy atom. The molecule has 29 heavy (non-hydrogen) atoms. The fraction of sp³-hybridized carbons (Fsp3) is 0. The van der Waals surface area contributed by atoms with Gasteiger partial charge in [0, 0.05) is 21.9 Å². The number of nitrogens with zero attached hydrogens (tertiary/aromatic N) is 2. The Labute approximate surface area is 182 Å². The maximum Gasteiger partial charge on any atom is 0.267 e. The van der Waals surface area contributed by atoms with E-state index in [4.69, 9.17) is 0 Å². The monoisotopic (exact) mass is 484 g/mol. The zero-order chi connectivity index (χ0) is 20.2. The molecule has 144 valence electrons. The minimum atomic E-state index is -0.311. The van der Waals surface area contributed by atoms with Crippen LogP contribution in [-0.2, 0) is 0 Å². The molecule has 3 heterocycles. The molecular weight excluding hydrogens is 472 g/mol. The average Bonchev–Trinajstić information content (AvgIpc) is 3.42. The number of anilines is 2. The second kappa shape index (κ2) is 8.64. The van der Waals surface area contributed by atoms with Gasteiger partial charge in [-0.25, -0.2) is 9.97 Å². The number of rotatable bonds is 5. The first-order valence-electron chi connectivity index (χ1n) is 8.42. The van der Waals surface area contributed by atoms with E-state index in [1.54, 1.807) is 60.1 Å². The highest BCUT2D eigenvalue weighted by molar-refractivity contribution is 9.10. The van der Waals surface area contributed by atoms with Crippen molar-refractivity contribution < 1.29 is 9.59 Å². The maximum absolute atomic E-state index is 12.5. The Morgan fingerprint density at radius 3 is 2.59 bits per heavy atom. The summed E-state index contributed by atoms with van der Waals surface area (Å²) in [4.78, 5) is 35.0. The van der Waals surface area contributed by atoms with Crippen molar-refractivity contribution in [3.05, 3.63) is 81.2 Å². The molecule has 3 aromatic heterocycles. The van der Waals surface area contributed by atoms with Crippen LogP contribution in [0.2, 0.25) is 0 Å². The van der Waals surface area contributed by atoms with E-state index < -0.39 is 0 Å². The van der Waals surface area contributed by atoms with Gasteiger partial charge in [0.15, 0.2) is 0 Å². The van der Waals surface area contributed by atoms with E-state index in [2.05, 4.69) is 36.5 Å². The lowest BCUT2D eigenvalue weighted by Gasteiger charge is -2.07. The summed E-state index contributed by atoms with van der Waals surface area (Å²) in [6.45, 7) is 0. The second-order valence-electron chi connectivity index (χ2n) is 5.86. The molecule has 0 aliphatic rings. The number of pyridine rings is 1. The van der Waals surface area contributed by atoms with Gasteiger partial charge in [0.25, 0.3) is 11.8 Å². The summed E-state index contributed by atoms with van der Waals surface area (Å²) in [5.41, 5.74) is 0.939. The number of hydrogen-bond donors (Lipinski definition) is 2. The predicted molar refractivity (Wildman–Crippen MR) is 120 cm³/mol. The van der Waals surface area contributed by atoms with Crippen LogP contribution in [-0.4, -0.2) is 21.8 Å². The SMILES string of the molecule is O=C(Nc1ccc(Br)cn1)c1cccc(NC(=O)c2cnc(-c3cccs3)s2)c1. The number of hydrogen-bond acceptors (Lipinski definition) is 6. The smallest absolute Gasteiger partial charge is 0.267 e. The van der Waals surface area contributed by atoms with Gasteiger partial charge in [-0.05, 0) is 57.7 Å². The van der Waals surface area contributed by atoms with E-state index in [1.165, 1.54) is 11.3 Å². The summed E-state index contributed by atoms with van der Waals surface area (Å²) in [6.07, 6.45) is 3.16. The molecule has 4 rings (SSSR count). The fourth-order valence-corrected chi connectivity index (χ4v) is 4.31. The summed E-state index contributed by atoms with van der Waals surface area (Å²) in [5.74, 6) is -0.135. The highest BCUT2D eigenvalue weighted by Crippen LogP contribution is 2.29. The zero-order valence-corrected chi connectivity index (χ0v) is 18.0. The highest BCUT2D eigenvalue weighted by atomic mass is 79.9. The summed E-state index contributed by atoms with van der Waals surface area (Å²) >= 11 is 6.21. The fourth-order valence-electron chi connectivity index (χ4n) is 2.46. The van der Waals surface area contributed by atoms with Gasteiger partial charge in [-0.2, -0.15) is 0 Å². The zero-order valence-electron chi connectivity index (χ0n) is 14.8. The first-order chi connectivity index (χ1) is 14.1. The lowest BCUT2D eigenvalue weighted by atomic mass is 10.2. The minimum Gasteiger partial charge on any atom is -0.321 e. The molecule has 2 N–H and O–H groups in total. The Kier molecular flexibility index (Phi) is 5.79. The molecule has 9 heteroatoms. The van der Waals surface area contributed by atoms with Crippen molar-refractivity contribution in [1.29, 1.82) is 0 Å². The molecular formula is C20H13BrN4O2S2. The van der Waals surface area contributed by atoms with Crippen LogP contribution < -0.4 is 10.6 Å². The Balaban J connectivity index is 1.45. The van der Waals surface area contributed by atoms with Gasteiger partial charge >= 0.3 is 0 Å². The van der Waals surface area contributed by atoms with Crippen molar-refractivity contribution >= 4 is 61.9 Å². The molecule has 1 aromatic carbocycles. The van der Waals surface area contributed by atoms with Crippen molar-refractivity contribution in [3.8, 4) is 9.88 Å². The quantitative estimate of drug-likeness (QED) is 0.389. The summed E-state index contributed by atoms with van der Waals surface area (Å²) in [6, 6.07) is 14.1. The van der Waals surface area contributed by atoms with Crippen LogP contribution in [0.25, 0.3) is 9.88 Å². The highest BCUT2D eigenvalue weighted by Gasteiger charge is 2.14. The standard InChI is InChI=1S/C20H13BrN4O2S2/c21-13-6-7-17(22-10-13)25-18(26)12-3-1-4-14(9-12)24-19(27)16-11-23-20(29-16)15-5-2-8-28-15/h1-11H,(H,24,27)(H,22,25,26). The lowest BCUT2D eigenvalue weighted by Crippen LogP contribution is -2.14. The van der Waals surface area contributed by atoms with Gasteiger partial charge in [-0.3, -0.25) is 9.59 Å². The van der Waals surface area contributed by atoms with Gasteiger partial charge in [0.1, 0.15) is 15.7 Å². The number of carbonyl (C=O) groups excluding carboxylic acids is 2. The lowest BCUT2D eigenvalue weighted by molar-refractivity contribution is 0.101. The third-order valence-electron chi connectivity index (χ3n) is 3.81. The average molecular weight is 485 g/mol. The number of thiazole rings is 1. The predicted octanol–water partition coefficient (Wildman–Crippen LogP) is 5.53. The van der Waals surface area contributed by atoms with E-state index in [9.17, 15) is 9.59 Å².